The van der Waals surface area contributed by atoms with Gasteiger partial charge in [-0.3, -0.25) is 14.5 Å². The minimum atomic E-state index is -4.70. The van der Waals surface area contributed by atoms with E-state index in [1.165, 1.54) is 57.9 Å². The van der Waals surface area contributed by atoms with Gasteiger partial charge in [0.1, 0.15) is 6.04 Å². The predicted octanol–water partition coefficient (Wildman–Crippen LogP) is 12.2. The van der Waals surface area contributed by atoms with Crippen LogP contribution in [0.15, 0.2) is 72.4 Å². The number of rotatable bonds is 11. The fraction of sp³-hybridized carbons (Fsp3) is 0.619. The average Bonchev–Trinajstić information content (AvgIpc) is 3.01. The summed E-state index contributed by atoms with van der Waals surface area (Å²) in [6, 6.07) is 4.73. The van der Waals surface area contributed by atoms with Gasteiger partial charge in [-0.05, 0) is 85.6 Å². The quantitative estimate of drug-likeness (QED) is 0.140. The smallest absolute Gasteiger partial charge is 0.351 e. The zero-order valence-electron chi connectivity index (χ0n) is 32.5. The van der Waals surface area contributed by atoms with Crippen molar-refractivity contribution in [2.75, 3.05) is 4.90 Å². The lowest BCUT2D eigenvalue weighted by Crippen LogP contribution is -2.53. The van der Waals surface area contributed by atoms with E-state index in [0.717, 1.165) is 40.5 Å². The molecular formula is C42H63F5N2O2. The fourth-order valence-electron chi connectivity index (χ4n) is 6.38. The number of benzene rings is 1. The van der Waals surface area contributed by atoms with Gasteiger partial charge in [-0.2, -0.15) is 13.2 Å². The molecule has 2 fully saturated rings. The first kappa shape index (κ1) is 45.8. The molecule has 2 saturated carbocycles. The summed E-state index contributed by atoms with van der Waals surface area (Å²) in [6.45, 7) is 25.0. The monoisotopic (exact) mass is 722 g/mol. The topological polar surface area (TPSA) is 49.4 Å². The Bertz CT molecular complexity index is 1330. The van der Waals surface area contributed by atoms with Crippen molar-refractivity contribution in [1.82, 2.24) is 5.32 Å². The van der Waals surface area contributed by atoms with E-state index >= 15 is 0 Å². The Labute approximate surface area is 304 Å². The Balaban J connectivity index is 0.000000773. The van der Waals surface area contributed by atoms with Gasteiger partial charge >= 0.3 is 6.18 Å². The molecule has 0 radical (unpaired) electrons. The van der Waals surface area contributed by atoms with Gasteiger partial charge in [0, 0.05) is 31.5 Å². The highest BCUT2D eigenvalue weighted by atomic mass is 19.4. The highest BCUT2D eigenvalue weighted by Crippen LogP contribution is 2.42. The lowest BCUT2D eigenvalue weighted by atomic mass is 9.68. The van der Waals surface area contributed by atoms with Gasteiger partial charge in [0.25, 0.3) is 0 Å². The summed E-state index contributed by atoms with van der Waals surface area (Å²) in [5.41, 5.74) is 1.42. The van der Waals surface area contributed by atoms with Gasteiger partial charge < -0.3 is 5.32 Å². The van der Waals surface area contributed by atoms with Crippen molar-refractivity contribution >= 4 is 17.5 Å². The summed E-state index contributed by atoms with van der Waals surface area (Å²) in [4.78, 5) is 27.5. The molecule has 0 saturated heterocycles. The normalized spacial score (nSPS) is 20.0. The molecule has 0 spiro atoms. The standard InChI is InChI=1S/C28H35F5N2O2.C11H20.C3H8/c1-7-19(17-20(8-2)28(31,32)33)24(25(37)34-22-13-15-27(29,30)16-14-22)35(18(3)36)23-11-9-21(10-12-23)26(4,5)6;1-4-6-9(3)11-8-7-10(11)5-2;1-3-2/h7-12,17,22,24H,1,13-16H2,2-6H3,(H,34,37);10-11H,3-8H2,1-2H3;3H2,1-2H3/b19-17+,20-8+;;. The van der Waals surface area contributed by atoms with E-state index in [0.29, 0.717) is 5.69 Å². The molecule has 2 aliphatic carbocycles. The molecule has 0 heterocycles. The molecular weight excluding hydrogens is 659 g/mol. The van der Waals surface area contributed by atoms with E-state index in [1.54, 1.807) is 24.3 Å². The Morgan fingerprint density at radius 2 is 1.55 bits per heavy atom. The lowest BCUT2D eigenvalue weighted by Gasteiger charge is -2.37. The van der Waals surface area contributed by atoms with Crippen LogP contribution in [0.3, 0.4) is 0 Å². The first-order valence-electron chi connectivity index (χ1n) is 18.5. The molecule has 9 heteroatoms. The van der Waals surface area contributed by atoms with Crippen LogP contribution >= 0.6 is 0 Å². The zero-order valence-corrected chi connectivity index (χ0v) is 32.5. The number of hydrogen-bond acceptors (Lipinski definition) is 2. The van der Waals surface area contributed by atoms with Crippen LogP contribution in [0.1, 0.15) is 132 Å². The highest BCUT2D eigenvalue weighted by Gasteiger charge is 2.39. The number of nitrogens with one attached hydrogen (secondary N) is 1. The fourth-order valence-corrected chi connectivity index (χ4v) is 6.38. The molecule has 2 amide bonds. The highest BCUT2D eigenvalue weighted by molar-refractivity contribution is 6.02. The van der Waals surface area contributed by atoms with Crippen molar-refractivity contribution in [3.05, 3.63) is 77.9 Å². The van der Waals surface area contributed by atoms with E-state index < -0.39 is 54.4 Å². The van der Waals surface area contributed by atoms with E-state index in [2.05, 4.69) is 46.2 Å². The summed E-state index contributed by atoms with van der Waals surface area (Å²) in [6.07, 6.45) is 5.25. The third-order valence-corrected chi connectivity index (χ3v) is 9.47. The molecule has 2 aliphatic rings. The Kier molecular flexibility index (Phi) is 18.6. The van der Waals surface area contributed by atoms with E-state index in [1.807, 2.05) is 20.8 Å². The molecule has 0 bridgehead atoms. The molecule has 51 heavy (non-hydrogen) atoms. The van der Waals surface area contributed by atoms with Crippen molar-refractivity contribution in [2.45, 2.75) is 156 Å². The van der Waals surface area contributed by atoms with Crippen LogP contribution in [0.25, 0.3) is 0 Å². The third-order valence-electron chi connectivity index (χ3n) is 9.47. The van der Waals surface area contributed by atoms with Crippen LogP contribution in [0.2, 0.25) is 0 Å². The van der Waals surface area contributed by atoms with E-state index in [-0.39, 0.29) is 23.8 Å². The molecule has 3 rings (SSSR count). The number of hydrogen-bond donors (Lipinski definition) is 1. The number of amides is 2. The van der Waals surface area contributed by atoms with Crippen LogP contribution in [0.4, 0.5) is 27.6 Å². The SMILES string of the molecule is C=C(CCC)C1CCC1CC.C=C/C(=C\C(=C/C)C(F)(F)F)C(C(=O)NC1CCC(F)(F)CC1)N(C(C)=O)c1ccc(C(C)(C)C)cc1.CCC. The second-order valence-corrected chi connectivity index (χ2v) is 14.8. The van der Waals surface area contributed by atoms with Crippen LogP contribution in [-0.2, 0) is 15.0 Å². The van der Waals surface area contributed by atoms with Crippen LogP contribution < -0.4 is 10.2 Å². The first-order chi connectivity index (χ1) is 23.7. The molecule has 1 aromatic carbocycles. The molecule has 0 aromatic heterocycles. The molecule has 3 unspecified atom stereocenters. The Hall–Kier alpha value is -3.23. The van der Waals surface area contributed by atoms with E-state index in [9.17, 15) is 31.5 Å². The lowest BCUT2D eigenvalue weighted by molar-refractivity contribution is -0.126. The minimum absolute atomic E-state index is 0.0155. The van der Waals surface area contributed by atoms with Gasteiger partial charge in [-0.1, -0.05) is 111 Å². The zero-order chi connectivity index (χ0) is 39.2. The van der Waals surface area contributed by atoms with Crippen molar-refractivity contribution in [1.29, 1.82) is 0 Å². The predicted molar refractivity (Wildman–Crippen MR) is 202 cm³/mol. The maximum atomic E-state index is 13.6. The second-order valence-electron chi connectivity index (χ2n) is 14.8. The Morgan fingerprint density at radius 1 is 1.00 bits per heavy atom. The molecule has 3 atom stereocenters. The first-order valence-corrected chi connectivity index (χ1v) is 18.5. The number of carbonyl (C=O) groups is 2. The van der Waals surface area contributed by atoms with Gasteiger partial charge in [0.15, 0.2) is 0 Å². The van der Waals surface area contributed by atoms with Crippen molar-refractivity contribution in [3.63, 3.8) is 0 Å². The summed E-state index contributed by atoms with van der Waals surface area (Å²) >= 11 is 0. The molecule has 1 N–H and O–H groups in total. The maximum absolute atomic E-state index is 13.6. The van der Waals surface area contributed by atoms with Crippen LogP contribution in [0, 0.1) is 11.8 Å². The average molecular weight is 723 g/mol. The number of alkyl halides is 5. The second kappa shape index (κ2) is 20.7. The largest absolute Gasteiger partial charge is 0.416 e. The van der Waals surface area contributed by atoms with Gasteiger partial charge in [0.2, 0.25) is 17.7 Å². The van der Waals surface area contributed by atoms with Gasteiger partial charge in [0.05, 0.1) is 5.57 Å². The molecule has 4 nitrogen and oxygen atoms in total. The van der Waals surface area contributed by atoms with Crippen molar-refractivity contribution in [2.24, 2.45) is 11.8 Å². The molecule has 1 aromatic rings. The van der Waals surface area contributed by atoms with Gasteiger partial charge in [-0.15, -0.1) is 0 Å². The van der Waals surface area contributed by atoms with Gasteiger partial charge in [-0.25, -0.2) is 8.78 Å². The third kappa shape index (κ3) is 14.4. The molecule has 0 aliphatic heterocycles. The number of halogens is 5. The summed E-state index contributed by atoms with van der Waals surface area (Å²) < 4.78 is 67.9. The Morgan fingerprint density at radius 3 is 1.92 bits per heavy atom. The summed E-state index contributed by atoms with van der Waals surface area (Å²) in [5, 5.41) is 2.69. The number of carbonyl (C=O) groups excluding carboxylic acids is 2. The number of anilines is 1. The molecule has 288 valence electrons. The summed E-state index contributed by atoms with van der Waals surface area (Å²) in [7, 11) is 0. The van der Waals surface area contributed by atoms with Crippen LogP contribution in [-0.4, -0.2) is 36.0 Å². The van der Waals surface area contributed by atoms with E-state index in [4.69, 9.17) is 0 Å². The van der Waals surface area contributed by atoms with Crippen molar-refractivity contribution in [3.8, 4) is 0 Å². The number of nitrogens with zero attached hydrogens (tertiary/aromatic N) is 1. The number of allylic oxidation sites excluding steroid dienone is 4. The van der Waals surface area contributed by atoms with Crippen LogP contribution in [0.5, 0.6) is 0 Å². The summed E-state index contributed by atoms with van der Waals surface area (Å²) in [5.74, 6) is -2.30. The maximum Gasteiger partial charge on any atom is 0.416 e. The van der Waals surface area contributed by atoms with Crippen molar-refractivity contribution < 1.29 is 31.5 Å². The minimum Gasteiger partial charge on any atom is -0.351 e.